The molecule has 0 unspecified atom stereocenters. The Bertz CT molecular complexity index is 564. The SMILES string of the molecule is Cc1ncc(CO[C@@H]2O[C@@H](CO)[C@H](O)[C@@H](O)[C@@H]2O)c(C=O)c1O. The predicted molar refractivity (Wildman–Crippen MR) is 74.6 cm³/mol. The van der Waals surface area contributed by atoms with Gasteiger partial charge < -0.3 is 35.0 Å². The van der Waals surface area contributed by atoms with E-state index in [1.807, 2.05) is 0 Å². The van der Waals surface area contributed by atoms with Crippen molar-refractivity contribution in [3.63, 3.8) is 0 Å². The van der Waals surface area contributed by atoms with Crippen LogP contribution in [0.4, 0.5) is 0 Å². The number of aldehydes is 1. The van der Waals surface area contributed by atoms with E-state index < -0.39 is 37.3 Å². The lowest BCUT2D eigenvalue weighted by atomic mass is 9.99. The first-order valence-electron chi connectivity index (χ1n) is 6.95. The van der Waals surface area contributed by atoms with Gasteiger partial charge in [0.15, 0.2) is 12.6 Å². The van der Waals surface area contributed by atoms with Gasteiger partial charge in [0.2, 0.25) is 0 Å². The van der Waals surface area contributed by atoms with Gasteiger partial charge in [-0.05, 0) is 6.92 Å². The maximum atomic E-state index is 11.1. The van der Waals surface area contributed by atoms with E-state index in [4.69, 9.17) is 14.6 Å². The van der Waals surface area contributed by atoms with Crippen molar-refractivity contribution in [3.05, 3.63) is 23.0 Å². The Hall–Kier alpha value is -1.62. The smallest absolute Gasteiger partial charge is 0.187 e. The van der Waals surface area contributed by atoms with Crippen LogP contribution in [0.2, 0.25) is 0 Å². The third-order valence-electron chi connectivity index (χ3n) is 3.73. The molecule has 0 amide bonds. The molecule has 0 saturated carbocycles. The van der Waals surface area contributed by atoms with Gasteiger partial charge in [-0.2, -0.15) is 0 Å². The van der Waals surface area contributed by atoms with Gasteiger partial charge in [-0.25, -0.2) is 0 Å². The second-order valence-corrected chi connectivity index (χ2v) is 5.26. The summed E-state index contributed by atoms with van der Waals surface area (Å²) in [7, 11) is 0. The van der Waals surface area contributed by atoms with Crippen LogP contribution in [0, 0.1) is 6.92 Å². The van der Waals surface area contributed by atoms with Gasteiger partial charge in [-0.1, -0.05) is 0 Å². The Balaban J connectivity index is 2.11. The fraction of sp³-hybridized carbons (Fsp3) is 0.571. The molecular formula is C14H19NO8. The van der Waals surface area contributed by atoms with Gasteiger partial charge in [0.1, 0.15) is 30.2 Å². The molecule has 128 valence electrons. The number of aromatic hydroxyl groups is 1. The summed E-state index contributed by atoms with van der Waals surface area (Å²) in [6.45, 7) is 0.722. The van der Waals surface area contributed by atoms with Crippen LogP contribution in [-0.2, 0) is 16.1 Å². The number of hydrogen-bond donors (Lipinski definition) is 5. The number of aliphatic hydroxyl groups excluding tert-OH is 4. The Labute approximate surface area is 131 Å². The Kier molecular flexibility index (Phi) is 5.63. The van der Waals surface area contributed by atoms with Crippen LogP contribution in [0.15, 0.2) is 6.20 Å². The normalized spacial score (nSPS) is 31.1. The molecule has 23 heavy (non-hydrogen) atoms. The van der Waals surface area contributed by atoms with Crippen LogP contribution < -0.4 is 0 Å². The summed E-state index contributed by atoms with van der Waals surface area (Å²) in [5, 5.41) is 48.1. The molecule has 1 aromatic heterocycles. The molecule has 9 heteroatoms. The van der Waals surface area contributed by atoms with Crippen LogP contribution in [-0.4, -0.2) is 74.1 Å². The summed E-state index contributed by atoms with van der Waals surface area (Å²) >= 11 is 0. The second-order valence-electron chi connectivity index (χ2n) is 5.26. The highest BCUT2D eigenvalue weighted by molar-refractivity contribution is 5.81. The first-order chi connectivity index (χ1) is 10.9. The number of ether oxygens (including phenoxy) is 2. The van der Waals surface area contributed by atoms with Crippen molar-refractivity contribution in [1.29, 1.82) is 0 Å². The van der Waals surface area contributed by atoms with Gasteiger partial charge in [0.25, 0.3) is 0 Å². The van der Waals surface area contributed by atoms with Crippen molar-refractivity contribution in [3.8, 4) is 5.75 Å². The lowest BCUT2D eigenvalue weighted by Crippen LogP contribution is -2.59. The Morgan fingerprint density at radius 2 is 2.00 bits per heavy atom. The van der Waals surface area contributed by atoms with E-state index in [1.54, 1.807) is 0 Å². The van der Waals surface area contributed by atoms with Gasteiger partial charge in [0, 0.05) is 11.8 Å². The number of hydrogen-bond acceptors (Lipinski definition) is 9. The zero-order valence-corrected chi connectivity index (χ0v) is 12.4. The number of carbonyl (C=O) groups excluding carboxylic acids is 1. The van der Waals surface area contributed by atoms with E-state index in [0.717, 1.165) is 0 Å². The fourth-order valence-corrected chi connectivity index (χ4v) is 2.28. The van der Waals surface area contributed by atoms with Gasteiger partial charge >= 0.3 is 0 Å². The summed E-state index contributed by atoms with van der Waals surface area (Å²) in [6, 6.07) is 0. The topological polar surface area (TPSA) is 150 Å². The van der Waals surface area contributed by atoms with Crippen LogP contribution in [0.3, 0.4) is 0 Å². The molecule has 5 atom stereocenters. The molecule has 1 fully saturated rings. The van der Waals surface area contributed by atoms with Crippen molar-refractivity contribution in [2.45, 2.75) is 44.2 Å². The molecule has 0 aliphatic carbocycles. The number of aryl methyl sites for hydroxylation is 1. The van der Waals surface area contributed by atoms with Crippen molar-refractivity contribution in [2.24, 2.45) is 0 Å². The average Bonchev–Trinajstić information content (AvgIpc) is 2.55. The van der Waals surface area contributed by atoms with Crippen molar-refractivity contribution in [1.82, 2.24) is 4.98 Å². The molecule has 5 N–H and O–H groups in total. The number of nitrogens with zero attached hydrogens (tertiary/aromatic N) is 1. The quantitative estimate of drug-likeness (QED) is 0.395. The highest BCUT2D eigenvalue weighted by Gasteiger charge is 2.44. The fourth-order valence-electron chi connectivity index (χ4n) is 2.28. The molecule has 9 nitrogen and oxygen atoms in total. The molecule has 2 heterocycles. The van der Waals surface area contributed by atoms with Gasteiger partial charge in [0.05, 0.1) is 24.5 Å². The van der Waals surface area contributed by atoms with Gasteiger partial charge in [-0.15, -0.1) is 0 Å². The summed E-state index contributed by atoms with van der Waals surface area (Å²) in [5.74, 6) is -0.269. The zero-order chi connectivity index (χ0) is 17.1. The minimum absolute atomic E-state index is 0.00194. The van der Waals surface area contributed by atoms with E-state index in [-0.39, 0.29) is 29.2 Å². The molecule has 1 saturated heterocycles. The molecule has 0 bridgehead atoms. The second kappa shape index (κ2) is 7.30. The lowest BCUT2D eigenvalue weighted by molar-refractivity contribution is -0.304. The van der Waals surface area contributed by atoms with Crippen LogP contribution in [0.1, 0.15) is 21.6 Å². The molecule has 1 aromatic rings. The summed E-state index contributed by atoms with van der Waals surface area (Å²) in [4.78, 5) is 15.0. The molecular weight excluding hydrogens is 310 g/mol. The van der Waals surface area contributed by atoms with E-state index in [1.165, 1.54) is 13.1 Å². The van der Waals surface area contributed by atoms with Crippen LogP contribution in [0.5, 0.6) is 5.75 Å². The van der Waals surface area contributed by atoms with Crippen molar-refractivity contribution >= 4 is 6.29 Å². The number of aromatic nitrogens is 1. The zero-order valence-electron chi connectivity index (χ0n) is 12.4. The summed E-state index contributed by atoms with van der Waals surface area (Å²) < 4.78 is 10.5. The standard InChI is InChI=1S/C14H19NO8/c1-6-10(18)8(3-16)7(2-15-6)5-22-14-13(21)12(20)11(19)9(4-17)23-14/h2-3,9,11-14,17-21H,4-5H2,1H3/t9-,11-,12+,13-,14+/m0/s1. The van der Waals surface area contributed by atoms with Crippen LogP contribution >= 0.6 is 0 Å². The molecule has 0 radical (unpaired) electrons. The summed E-state index contributed by atoms with van der Waals surface area (Å²) in [5.41, 5.74) is 0.547. The number of carbonyl (C=O) groups is 1. The van der Waals surface area contributed by atoms with Crippen molar-refractivity contribution in [2.75, 3.05) is 6.61 Å². The maximum absolute atomic E-state index is 11.1. The van der Waals surface area contributed by atoms with E-state index >= 15 is 0 Å². The van der Waals surface area contributed by atoms with Gasteiger partial charge in [-0.3, -0.25) is 9.78 Å². The Morgan fingerprint density at radius 1 is 1.30 bits per heavy atom. The maximum Gasteiger partial charge on any atom is 0.187 e. The number of rotatable bonds is 5. The Morgan fingerprint density at radius 3 is 2.61 bits per heavy atom. The van der Waals surface area contributed by atoms with E-state index in [2.05, 4.69) is 4.98 Å². The highest BCUT2D eigenvalue weighted by atomic mass is 16.7. The lowest BCUT2D eigenvalue weighted by Gasteiger charge is -2.39. The molecule has 2 rings (SSSR count). The van der Waals surface area contributed by atoms with E-state index in [0.29, 0.717) is 6.29 Å². The first kappa shape index (κ1) is 17.7. The molecule has 0 spiro atoms. The third-order valence-corrected chi connectivity index (χ3v) is 3.73. The van der Waals surface area contributed by atoms with E-state index in [9.17, 15) is 25.2 Å². The largest absolute Gasteiger partial charge is 0.505 e. The average molecular weight is 329 g/mol. The minimum Gasteiger partial charge on any atom is -0.505 e. The molecule has 1 aliphatic rings. The highest BCUT2D eigenvalue weighted by Crippen LogP contribution is 2.25. The molecule has 0 aromatic carbocycles. The first-order valence-corrected chi connectivity index (χ1v) is 6.95. The number of pyridine rings is 1. The predicted octanol–water partition coefficient (Wildman–Crippen LogP) is -1.78. The summed E-state index contributed by atoms with van der Waals surface area (Å²) in [6.07, 6.45) is -5.20. The van der Waals surface area contributed by atoms with Crippen molar-refractivity contribution < 1.29 is 39.8 Å². The number of aliphatic hydroxyl groups is 4. The minimum atomic E-state index is -1.55. The molecule has 1 aliphatic heterocycles. The monoisotopic (exact) mass is 329 g/mol. The third kappa shape index (κ3) is 3.50. The van der Waals surface area contributed by atoms with Crippen LogP contribution in [0.25, 0.3) is 0 Å².